The number of carbonyl (C=O) groups is 2. The number of piperazine rings is 1. The number of rotatable bonds is 9. The highest BCUT2D eigenvalue weighted by atomic mass is 35.5. The number of anilines is 1. The third-order valence-electron chi connectivity index (χ3n) is 8.23. The SMILES string of the molecule is Cc1[nH]c(N)nc1CCC[C@H]1CN(C(=O)Cc2ccc3ccccc3c2)[C@H](C)CN1C(=O)CCc1ccc(Cl)cc1Cl. The van der Waals surface area contributed by atoms with Crippen molar-refractivity contribution in [3.05, 3.63) is 93.2 Å². The largest absolute Gasteiger partial charge is 0.369 e. The van der Waals surface area contributed by atoms with E-state index in [1.165, 1.54) is 0 Å². The first-order valence-electron chi connectivity index (χ1n) is 14.5. The first-order valence-corrected chi connectivity index (χ1v) is 15.2. The molecule has 1 aliphatic rings. The van der Waals surface area contributed by atoms with E-state index in [0.717, 1.165) is 52.5 Å². The van der Waals surface area contributed by atoms with E-state index in [4.69, 9.17) is 28.9 Å². The number of fused-ring (bicyclic) bond motifs is 1. The molecule has 3 N–H and O–H groups in total. The van der Waals surface area contributed by atoms with E-state index in [-0.39, 0.29) is 23.9 Å². The molecule has 1 fully saturated rings. The molecule has 0 bridgehead atoms. The molecule has 0 saturated carbocycles. The van der Waals surface area contributed by atoms with Gasteiger partial charge in [-0.2, -0.15) is 0 Å². The predicted octanol–water partition coefficient (Wildman–Crippen LogP) is 6.39. The van der Waals surface area contributed by atoms with Crippen molar-refractivity contribution in [2.45, 2.75) is 64.5 Å². The van der Waals surface area contributed by atoms with Crippen molar-refractivity contribution in [2.24, 2.45) is 0 Å². The standard InChI is InChI=1S/C33H37Cl2N5O2/c1-21-19-40(31(41)15-13-25-12-14-27(34)18-29(25)35)28(8-5-9-30-22(2)37-33(36)38-30)20-39(21)32(42)17-23-10-11-24-6-3-4-7-26(24)16-23/h3-4,6-7,10-12,14,16,18,21,28H,5,8-9,13,15,17,19-20H2,1-2H3,(H3,36,37,38)/t21-,28+/m1/s1. The molecule has 7 nitrogen and oxygen atoms in total. The number of hydrogen-bond donors (Lipinski definition) is 2. The summed E-state index contributed by atoms with van der Waals surface area (Å²) >= 11 is 12.4. The molecule has 5 rings (SSSR count). The lowest BCUT2D eigenvalue weighted by Crippen LogP contribution is -2.60. The van der Waals surface area contributed by atoms with Gasteiger partial charge in [-0.15, -0.1) is 0 Å². The van der Waals surface area contributed by atoms with Gasteiger partial charge >= 0.3 is 0 Å². The van der Waals surface area contributed by atoms with Crippen LogP contribution in [0.4, 0.5) is 5.95 Å². The second-order valence-electron chi connectivity index (χ2n) is 11.3. The topological polar surface area (TPSA) is 95.3 Å². The Labute approximate surface area is 257 Å². The lowest BCUT2D eigenvalue weighted by molar-refractivity contribution is -0.146. The fraction of sp³-hybridized carbons (Fsp3) is 0.364. The molecule has 9 heteroatoms. The molecule has 2 amide bonds. The van der Waals surface area contributed by atoms with Gasteiger partial charge in [-0.3, -0.25) is 9.59 Å². The first kappa shape index (κ1) is 29.9. The fourth-order valence-electron chi connectivity index (χ4n) is 5.94. The Kier molecular flexibility index (Phi) is 9.39. The number of aryl methyl sites for hydroxylation is 3. The van der Waals surface area contributed by atoms with Gasteiger partial charge in [0, 0.05) is 47.3 Å². The van der Waals surface area contributed by atoms with Gasteiger partial charge in [0.1, 0.15) is 0 Å². The molecule has 1 aromatic heterocycles. The number of nitrogen functional groups attached to an aromatic ring is 1. The first-order chi connectivity index (χ1) is 20.2. The molecule has 0 spiro atoms. The zero-order valence-electron chi connectivity index (χ0n) is 24.1. The van der Waals surface area contributed by atoms with Crippen molar-refractivity contribution in [1.29, 1.82) is 0 Å². The van der Waals surface area contributed by atoms with E-state index in [0.29, 0.717) is 48.3 Å². The van der Waals surface area contributed by atoms with E-state index in [2.05, 4.69) is 34.2 Å². The van der Waals surface area contributed by atoms with Crippen LogP contribution in [-0.2, 0) is 28.9 Å². The van der Waals surface area contributed by atoms with Gasteiger partial charge < -0.3 is 20.5 Å². The number of nitrogens with zero attached hydrogens (tertiary/aromatic N) is 3. The molecule has 2 atom stereocenters. The van der Waals surface area contributed by atoms with Crippen molar-refractivity contribution < 1.29 is 9.59 Å². The number of benzene rings is 3. The molecular formula is C33H37Cl2N5O2. The Balaban J connectivity index is 1.29. The van der Waals surface area contributed by atoms with Crippen LogP contribution in [0.1, 0.15) is 48.7 Å². The van der Waals surface area contributed by atoms with E-state index in [1.54, 1.807) is 12.1 Å². The number of amides is 2. The highest BCUT2D eigenvalue weighted by Crippen LogP contribution is 2.26. The van der Waals surface area contributed by atoms with Crippen LogP contribution in [-0.4, -0.2) is 56.8 Å². The van der Waals surface area contributed by atoms with E-state index in [9.17, 15) is 9.59 Å². The van der Waals surface area contributed by atoms with Gasteiger partial charge in [0.25, 0.3) is 0 Å². The summed E-state index contributed by atoms with van der Waals surface area (Å²) in [4.78, 5) is 38.6. The van der Waals surface area contributed by atoms with Gasteiger partial charge in [0.15, 0.2) is 5.95 Å². The molecule has 220 valence electrons. The third kappa shape index (κ3) is 7.08. The third-order valence-corrected chi connectivity index (χ3v) is 8.82. The Morgan fingerprint density at radius 2 is 1.76 bits per heavy atom. The number of aromatic nitrogens is 2. The number of H-pyrrole nitrogens is 1. The highest BCUT2D eigenvalue weighted by molar-refractivity contribution is 6.35. The van der Waals surface area contributed by atoms with Gasteiger partial charge in [0.05, 0.1) is 12.1 Å². The molecule has 0 radical (unpaired) electrons. The minimum absolute atomic E-state index is 0.0692. The summed E-state index contributed by atoms with van der Waals surface area (Å²) in [6, 6.07) is 19.5. The minimum Gasteiger partial charge on any atom is -0.369 e. The van der Waals surface area contributed by atoms with Gasteiger partial charge in [-0.1, -0.05) is 71.7 Å². The van der Waals surface area contributed by atoms with Gasteiger partial charge in [-0.05, 0) is 73.6 Å². The van der Waals surface area contributed by atoms with E-state index >= 15 is 0 Å². The number of nitrogens with one attached hydrogen (secondary N) is 1. The maximum Gasteiger partial charge on any atom is 0.227 e. The van der Waals surface area contributed by atoms with Crippen LogP contribution >= 0.6 is 23.2 Å². The van der Waals surface area contributed by atoms with Crippen LogP contribution in [0.15, 0.2) is 60.7 Å². The predicted molar refractivity (Wildman–Crippen MR) is 170 cm³/mol. The molecule has 1 aliphatic heterocycles. The molecule has 3 aromatic carbocycles. The monoisotopic (exact) mass is 605 g/mol. The molecule has 0 aliphatic carbocycles. The average molecular weight is 607 g/mol. The number of nitrogens with two attached hydrogens (primary N) is 1. The zero-order chi connectivity index (χ0) is 29.8. The fourth-order valence-corrected chi connectivity index (χ4v) is 6.45. The van der Waals surface area contributed by atoms with Crippen molar-refractivity contribution in [1.82, 2.24) is 19.8 Å². The summed E-state index contributed by atoms with van der Waals surface area (Å²) in [6.07, 6.45) is 3.53. The zero-order valence-corrected chi connectivity index (χ0v) is 25.6. The lowest BCUT2D eigenvalue weighted by Gasteiger charge is -2.45. The second-order valence-corrected chi connectivity index (χ2v) is 12.1. The summed E-state index contributed by atoms with van der Waals surface area (Å²) in [7, 11) is 0. The summed E-state index contributed by atoms with van der Waals surface area (Å²) in [5.41, 5.74) is 9.63. The van der Waals surface area contributed by atoms with Gasteiger partial charge in [0.2, 0.25) is 11.8 Å². The molecule has 2 heterocycles. The Morgan fingerprint density at radius 1 is 0.976 bits per heavy atom. The number of carbonyl (C=O) groups excluding carboxylic acids is 2. The summed E-state index contributed by atoms with van der Waals surface area (Å²) in [6.45, 7) is 4.99. The summed E-state index contributed by atoms with van der Waals surface area (Å²) in [5.74, 6) is 0.565. The molecular weight excluding hydrogens is 569 g/mol. The molecule has 0 unspecified atom stereocenters. The van der Waals surface area contributed by atoms with Crippen LogP contribution in [0.25, 0.3) is 10.8 Å². The normalized spacial score (nSPS) is 17.1. The maximum atomic E-state index is 13.6. The van der Waals surface area contributed by atoms with Crippen molar-refractivity contribution in [3.8, 4) is 0 Å². The smallest absolute Gasteiger partial charge is 0.227 e. The summed E-state index contributed by atoms with van der Waals surface area (Å²) < 4.78 is 0. The Morgan fingerprint density at radius 3 is 2.50 bits per heavy atom. The molecule has 1 saturated heterocycles. The van der Waals surface area contributed by atoms with Crippen molar-refractivity contribution >= 4 is 51.7 Å². The second kappa shape index (κ2) is 13.2. The molecule has 42 heavy (non-hydrogen) atoms. The number of imidazole rings is 1. The summed E-state index contributed by atoms with van der Waals surface area (Å²) in [5, 5.41) is 3.42. The van der Waals surface area contributed by atoms with Crippen LogP contribution in [0.2, 0.25) is 10.0 Å². The number of hydrogen-bond acceptors (Lipinski definition) is 4. The Hall–Kier alpha value is -3.55. The van der Waals surface area contributed by atoms with E-state index in [1.807, 2.05) is 47.9 Å². The van der Waals surface area contributed by atoms with Crippen LogP contribution in [0.3, 0.4) is 0 Å². The van der Waals surface area contributed by atoms with Crippen molar-refractivity contribution in [2.75, 3.05) is 18.8 Å². The van der Waals surface area contributed by atoms with Crippen molar-refractivity contribution in [3.63, 3.8) is 0 Å². The quantitative estimate of drug-likeness (QED) is 0.231. The van der Waals surface area contributed by atoms with Crippen LogP contribution < -0.4 is 5.73 Å². The Bertz CT molecular complexity index is 1590. The van der Waals surface area contributed by atoms with Gasteiger partial charge in [-0.25, -0.2) is 4.98 Å². The average Bonchev–Trinajstić information content (AvgIpc) is 3.29. The van der Waals surface area contributed by atoms with Crippen LogP contribution in [0, 0.1) is 6.92 Å². The number of halogens is 2. The molecule has 4 aromatic rings. The number of aromatic amines is 1. The van der Waals surface area contributed by atoms with Crippen LogP contribution in [0.5, 0.6) is 0 Å². The van der Waals surface area contributed by atoms with E-state index < -0.39 is 0 Å². The maximum absolute atomic E-state index is 13.6. The minimum atomic E-state index is -0.0920. The highest BCUT2D eigenvalue weighted by Gasteiger charge is 2.36. The lowest BCUT2D eigenvalue weighted by atomic mass is 9.98.